The van der Waals surface area contributed by atoms with Crippen LogP contribution in [0.5, 0.6) is 0 Å². The molecule has 0 radical (unpaired) electrons. The zero-order valence-corrected chi connectivity index (χ0v) is 9.45. The van der Waals surface area contributed by atoms with Crippen molar-refractivity contribution in [1.29, 1.82) is 0 Å². The average molecular weight is 267 g/mol. The topological polar surface area (TPSA) is 21.3 Å². The third-order valence-electron chi connectivity index (χ3n) is 2.12. The molecule has 8 heteroatoms. The standard InChI is InChI=1S/C9H15F6NO/c1-3-4-17-5-6(16-2)7(8(10,11)12)9(13,14)15/h6-7,16H,3-5H2,1-2H3. The molecular weight excluding hydrogens is 252 g/mol. The van der Waals surface area contributed by atoms with E-state index in [1.165, 1.54) is 0 Å². The highest BCUT2D eigenvalue weighted by Gasteiger charge is 2.59. The van der Waals surface area contributed by atoms with Gasteiger partial charge in [0.2, 0.25) is 0 Å². The van der Waals surface area contributed by atoms with E-state index in [2.05, 4.69) is 0 Å². The Hall–Kier alpha value is -0.500. The van der Waals surface area contributed by atoms with Gasteiger partial charge in [0.05, 0.1) is 12.6 Å². The lowest BCUT2D eigenvalue weighted by Crippen LogP contribution is -2.52. The van der Waals surface area contributed by atoms with Crippen molar-refractivity contribution in [2.45, 2.75) is 31.7 Å². The molecule has 0 aromatic rings. The van der Waals surface area contributed by atoms with E-state index in [0.29, 0.717) is 6.42 Å². The fourth-order valence-corrected chi connectivity index (χ4v) is 1.34. The zero-order valence-electron chi connectivity index (χ0n) is 9.45. The fourth-order valence-electron chi connectivity index (χ4n) is 1.34. The van der Waals surface area contributed by atoms with Crippen molar-refractivity contribution in [2.24, 2.45) is 5.92 Å². The maximum absolute atomic E-state index is 12.3. The second kappa shape index (κ2) is 6.44. The smallest absolute Gasteiger partial charge is 0.380 e. The molecule has 1 unspecified atom stereocenters. The maximum Gasteiger partial charge on any atom is 0.402 e. The lowest BCUT2D eigenvalue weighted by Gasteiger charge is -2.30. The Bertz CT molecular complexity index is 201. The molecular formula is C9H15F6NO. The number of ether oxygens (including phenoxy) is 1. The summed E-state index contributed by atoms with van der Waals surface area (Å²) in [7, 11) is 1.05. The van der Waals surface area contributed by atoms with Crippen LogP contribution in [-0.4, -0.2) is 38.7 Å². The monoisotopic (exact) mass is 267 g/mol. The molecule has 0 rings (SSSR count). The van der Waals surface area contributed by atoms with E-state index in [0.717, 1.165) is 7.05 Å². The molecule has 0 heterocycles. The van der Waals surface area contributed by atoms with Gasteiger partial charge in [0.1, 0.15) is 0 Å². The molecule has 0 fully saturated rings. The first-order valence-corrected chi connectivity index (χ1v) is 5.03. The Morgan fingerprint density at radius 3 is 1.82 bits per heavy atom. The van der Waals surface area contributed by atoms with Crippen LogP contribution in [0.1, 0.15) is 13.3 Å². The average Bonchev–Trinajstić information content (AvgIpc) is 2.12. The van der Waals surface area contributed by atoms with Gasteiger partial charge in [-0.25, -0.2) is 0 Å². The van der Waals surface area contributed by atoms with Gasteiger partial charge in [0.25, 0.3) is 0 Å². The highest BCUT2D eigenvalue weighted by molar-refractivity contribution is 4.86. The van der Waals surface area contributed by atoms with Crippen LogP contribution in [0.3, 0.4) is 0 Å². The normalized spacial score (nSPS) is 15.4. The van der Waals surface area contributed by atoms with Crippen molar-refractivity contribution in [3.63, 3.8) is 0 Å². The first-order chi connectivity index (χ1) is 7.64. The minimum absolute atomic E-state index is 0.126. The van der Waals surface area contributed by atoms with Crippen LogP contribution in [0.15, 0.2) is 0 Å². The van der Waals surface area contributed by atoms with E-state index >= 15 is 0 Å². The van der Waals surface area contributed by atoms with Gasteiger partial charge in [-0.05, 0) is 13.5 Å². The maximum atomic E-state index is 12.3. The molecule has 0 bridgehead atoms. The van der Waals surface area contributed by atoms with Gasteiger partial charge in [0, 0.05) is 6.61 Å². The predicted molar refractivity (Wildman–Crippen MR) is 49.6 cm³/mol. The highest BCUT2D eigenvalue weighted by atomic mass is 19.4. The summed E-state index contributed by atoms with van der Waals surface area (Å²) in [5.41, 5.74) is 0. The summed E-state index contributed by atoms with van der Waals surface area (Å²) >= 11 is 0. The molecule has 1 N–H and O–H groups in total. The summed E-state index contributed by atoms with van der Waals surface area (Å²) < 4.78 is 78.8. The van der Waals surface area contributed by atoms with Gasteiger partial charge < -0.3 is 10.1 Å². The minimum atomic E-state index is -5.35. The molecule has 0 aliphatic rings. The van der Waals surface area contributed by atoms with E-state index in [4.69, 9.17) is 4.74 Å². The van der Waals surface area contributed by atoms with E-state index in [9.17, 15) is 26.3 Å². The minimum Gasteiger partial charge on any atom is -0.380 e. The Balaban J connectivity index is 4.75. The van der Waals surface area contributed by atoms with Crippen molar-refractivity contribution < 1.29 is 31.1 Å². The molecule has 17 heavy (non-hydrogen) atoms. The quantitative estimate of drug-likeness (QED) is 0.590. The number of nitrogens with one attached hydrogen (secondary N) is 1. The van der Waals surface area contributed by atoms with Crippen LogP contribution in [0.4, 0.5) is 26.3 Å². The van der Waals surface area contributed by atoms with Crippen molar-refractivity contribution >= 4 is 0 Å². The van der Waals surface area contributed by atoms with Crippen LogP contribution < -0.4 is 5.32 Å². The van der Waals surface area contributed by atoms with Crippen molar-refractivity contribution in [3.05, 3.63) is 0 Å². The van der Waals surface area contributed by atoms with Crippen LogP contribution in [-0.2, 0) is 4.74 Å². The fraction of sp³-hybridized carbons (Fsp3) is 1.00. The Labute approximate surface area is 95.3 Å². The predicted octanol–water partition coefficient (Wildman–Crippen LogP) is 2.74. The van der Waals surface area contributed by atoms with Crippen molar-refractivity contribution in [2.75, 3.05) is 20.3 Å². The van der Waals surface area contributed by atoms with Gasteiger partial charge in [-0.15, -0.1) is 0 Å². The largest absolute Gasteiger partial charge is 0.402 e. The van der Waals surface area contributed by atoms with Gasteiger partial charge in [-0.3, -0.25) is 0 Å². The first kappa shape index (κ1) is 16.5. The van der Waals surface area contributed by atoms with E-state index in [1.807, 2.05) is 5.32 Å². The van der Waals surface area contributed by atoms with Gasteiger partial charge in [0.15, 0.2) is 5.92 Å². The molecule has 0 aliphatic carbocycles. The second-order valence-corrected chi connectivity index (χ2v) is 3.53. The van der Waals surface area contributed by atoms with Crippen LogP contribution in [0.2, 0.25) is 0 Å². The number of hydrogen-bond donors (Lipinski definition) is 1. The lowest BCUT2D eigenvalue weighted by molar-refractivity contribution is -0.293. The van der Waals surface area contributed by atoms with Crippen molar-refractivity contribution in [3.8, 4) is 0 Å². The van der Waals surface area contributed by atoms with E-state index in [1.54, 1.807) is 6.92 Å². The Morgan fingerprint density at radius 2 is 1.53 bits per heavy atom. The SMILES string of the molecule is CCCOCC(NC)C(C(F)(F)F)C(F)(F)F. The molecule has 0 aliphatic heterocycles. The van der Waals surface area contributed by atoms with Gasteiger partial charge in [-0.2, -0.15) is 26.3 Å². The van der Waals surface area contributed by atoms with E-state index in [-0.39, 0.29) is 6.61 Å². The number of halogens is 6. The summed E-state index contributed by atoms with van der Waals surface area (Å²) in [6, 6.07) is -1.83. The third kappa shape index (κ3) is 5.58. The molecule has 0 aromatic carbocycles. The number of rotatable bonds is 6. The van der Waals surface area contributed by atoms with Crippen molar-refractivity contribution in [1.82, 2.24) is 5.32 Å². The Kier molecular flexibility index (Phi) is 6.25. The highest BCUT2D eigenvalue weighted by Crippen LogP contribution is 2.41. The number of likely N-dealkylation sites (N-methyl/N-ethyl adjacent to an activating group) is 1. The molecule has 0 saturated heterocycles. The molecule has 0 aromatic heterocycles. The molecule has 104 valence electrons. The Morgan fingerprint density at radius 1 is 1.06 bits per heavy atom. The number of hydrogen-bond acceptors (Lipinski definition) is 2. The van der Waals surface area contributed by atoms with E-state index < -0.39 is 30.9 Å². The lowest BCUT2D eigenvalue weighted by atomic mass is 9.99. The van der Waals surface area contributed by atoms with Crippen LogP contribution >= 0.6 is 0 Å². The molecule has 2 nitrogen and oxygen atoms in total. The molecule has 0 amide bonds. The summed E-state index contributed by atoms with van der Waals surface area (Å²) in [5.74, 6) is -3.42. The zero-order chi connectivity index (χ0) is 13.7. The third-order valence-corrected chi connectivity index (χ3v) is 2.12. The number of alkyl halides is 6. The summed E-state index contributed by atoms with van der Waals surface area (Å²) in [6.07, 6.45) is -10.2. The molecule has 0 saturated carbocycles. The van der Waals surface area contributed by atoms with Gasteiger partial charge in [-0.1, -0.05) is 6.92 Å². The molecule has 0 spiro atoms. The van der Waals surface area contributed by atoms with Crippen LogP contribution in [0, 0.1) is 5.92 Å². The first-order valence-electron chi connectivity index (χ1n) is 5.03. The summed E-state index contributed by atoms with van der Waals surface area (Å²) in [6.45, 7) is 1.20. The van der Waals surface area contributed by atoms with Gasteiger partial charge >= 0.3 is 12.4 Å². The molecule has 1 atom stereocenters. The van der Waals surface area contributed by atoms with Crippen LogP contribution in [0.25, 0.3) is 0 Å². The second-order valence-electron chi connectivity index (χ2n) is 3.53. The summed E-state index contributed by atoms with van der Waals surface area (Å²) in [4.78, 5) is 0. The summed E-state index contributed by atoms with van der Waals surface area (Å²) in [5, 5.41) is 2.01.